The van der Waals surface area contributed by atoms with Gasteiger partial charge in [0, 0.05) is 36.0 Å². The Morgan fingerprint density at radius 2 is 1.95 bits per heavy atom. The van der Waals surface area contributed by atoms with Gasteiger partial charge >= 0.3 is 5.51 Å². The molecule has 3 rings (SSSR count). The molecule has 22 heavy (non-hydrogen) atoms. The molecule has 0 aliphatic heterocycles. The molecule has 1 aromatic carbocycles. The molecule has 0 atom stereocenters. The quantitative estimate of drug-likeness (QED) is 0.677. The molecule has 2 aromatic heterocycles. The fraction of sp³-hybridized carbons (Fsp3) is 0.143. The van der Waals surface area contributed by atoms with Gasteiger partial charge in [0.2, 0.25) is 0 Å². The molecule has 0 radical (unpaired) electrons. The van der Waals surface area contributed by atoms with E-state index in [4.69, 9.17) is 0 Å². The van der Waals surface area contributed by atoms with Gasteiger partial charge in [-0.3, -0.25) is 9.67 Å². The van der Waals surface area contributed by atoms with Gasteiger partial charge in [-0.05, 0) is 24.3 Å². The van der Waals surface area contributed by atoms with Crippen LogP contribution in [0.3, 0.4) is 0 Å². The van der Waals surface area contributed by atoms with Crippen molar-refractivity contribution < 1.29 is 17.4 Å². The predicted octanol–water partition coefficient (Wildman–Crippen LogP) is 4.18. The van der Waals surface area contributed by atoms with Gasteiger partial charge in [-0.1, -0.05) is 0 Å². The van der Waals surface area contributed by atoms with E-state index in [0.29, 0.717) is 10.9 Å². The molecule has 0 bridgehead atoms. The van der Waals surface area contributed by atoms with Gasteiger partial charge in [0.25, 0.3) is 0 Å². The smallest absolute Gasteiger partial charge is 0.417 e. The maximum atomic E-state index is 12.2. The molecule has 114 valence electrons. The van der Waals surface area contributed by atoms with Crippen molar-refractivity contribution in [2.24, 2.45) is 7.05 Å². The first-order valence-corrected chi connectivity index (χ1v) is 6.96. The van der Waals surface area contributed by atoms with Crippen LogP contribution in [-0.2, 0) is 7.05 Å². The zero-order chi connectivity index (χ0) is 15.7. The number of aryl methyl sites for hydroxylation is 1. The molecule has 0 N–H and O–H groups in total. The van der Waals surface area contributed by atoms with Crippen LogP contribution in [0.15, 0.2) is 42.9 Å². The molecule has 0 unspecified atom stereocenters. The molecule has 0 saturated carbocycles. The molecule has 4 nitrogen and oxygen atoms in total. The van der Waals surface area contributed by atoms with Crippen molar-refractivity contribution >= 4 is 22.9 Å². The number of pyridine rings is 1. The first kappa shape index (κ1) is 14.7. The van der Waals surface area contributed by atoms with Crippen LogP contribution in [0.4, 0.5) is 13.2 Å². The van der Waals surface area contributed by atoms with E-state index in [1.54, 1.807) is 30.2 Å². The second-order valence-corrected chi connectivity index (χ2v) is 5.39. The second-order valence-electron chi connectivity index (χ2n) is 4.59. The number of aromatic nitrogens is 3. The zero-order valence-electron chi connectivity index (χ0n) is 11.3. The van der Waals surface area contributed by atoms with E-state index in [1.165, 1.54) is 12.1 Å². The maximum Gasteiger partial charge on any atom is 0.479 e. The van der Waals surface area contributed by atoms with Crippen molar-refractivity contribution in [2.75, 3.05) is 0 Å². The van der Waals surface area contributed by atoms with Gasteiger partial charge in [-0.25, -0.2) is 0 Å². The molecule has 3 aromatic rings. The van der Waals surface area contributed by atoms with Crippen LogP contribution in [0.5, 0.6) is 5.75 Å². The van der Waals surface area contributed by atoms with Gasteiger partial charge in [0.05, 0.1) is 11.7 Å². The SMILES string of the molecule is Cn1cc(-c2cnc3ccc(OSC(F)(F)F)cc3c2)cn1. The van der Waals surface area contributed by atoms with E-state index in [0.717, 1.165) is 11.1 Å². The number of hydrogen-bond donors (Lipinski definition) is 0. The number of fused-ring (bicyclic) bond motifs is 1. The third-order valence-corrected chi connectivity index (χ3v) is 3.39. The Labute approximate surface area is 128 Å². The first-order valence-electron chi connectivity index (χ1n) is 6.22. The Hall–Kier alpha value is -2.22. The minimum absolute atomic E-state index is 0.125. The molecule has 2 heterocycles. The molecule has 0 saturated heterocycles. The van der Waals surface area contributed by atoms with Gasteiger partial charge in [-0.15, -0.1) is 0 Å². The third-order valence-electron chi connectivity index (χ3n) is 2.92. The summed E-state index contributed by atoms with van der Waals surface area (Å²) in [4.78, 5) is 4.30. The number of nitrogens with zero attached hydrogens (tertiary/aromatic N) is 3. The van der Waals surface area contributed by atoms with Crippen LogP contribution in [0.25, 0.3) is 22.0 Å². The van der Waals surface area contributed by atoms with Crippen LogP contribution in [0.2, 0.25) is 0 Å². The fourth-order valence-electron chi connectivity index (χ4n) is 1.99. The molecule has 8 heteroatoms. The summed E-state index contributed by atoms with van der Waals surface area (Å²) in [6, 6.07) is 6.44. The van der Waals surface area contributed by atoms with Gasteiger partial charge in [0.1, 0.15) is 5.75 Å². The highest BCUT2D eigenvalue weighted by Crippen LogP contribution is 2.33. The summed E-state index contributed by atoms with van der Waals surface area (Å²) in [6.07, 6.45) is 5.23. The van der Waals surface area contributed by atoms with Crippen molar-refractivity contribution in [2.45, 2.75) is 5.51 Å². The Morgan fingerprint density at radius 3 is 2.64 bits per heavy atom. The number of rotatable bonds is 3. The van der Waals surface area contributed by atoms with Crippen molar-refractivity contribution in [1.29, 1.82) is 0 Å². The summed E-state index contributed by atoms with van der Waals surface area (Å²) in [7, 11) is 1.80. The summed E-state index contributed by atoms with van der Waals surface area (Å²) in [5, 5.41) is 4.78. The van der Waals surface area contributed by atoms with Gasteiger partial charge in [0.15, 0.2) is 12.0 Å². The molecule has 0 aliphatic rings. The fourth-order valence-corrected chi connectivity index (χ4v) is 2.28. The van der Waals surface area contributed by atoms with E-state index < -0.39 is 17.6 Å². The standard InChI is InChI=1S/C14H10F3N3OS/c1-20-8-11(7-19-20)10-4-9-5-12(21-22-14(15,16)17)2-3-13(9)18-6-10/h2-8H,1H3. The van der Waals surface area contributed by atoms with Crippen LogP contribution >= 0.6 is 12.0 Å². The van der Waals surface area contributed by atoms with Crippen LogP contribution < -0.4 is 4.18 Å². The van der Waals surface area contributed by atoms with Gasteiger partial charge in [-0.2, -0.15) is 18.3 Å². The molecular formula is C14H10F3N3OS. The lowest BCUT2D eigenvalue weighted by Gasteiger charge is -2.07. The zero-order valence-corrected chi connectivity index (χ0v) is 12.1. The van der Waals surface area contributed by atoms with E-state index in [2.05, 4.69) is 14.3 Å². The highest BCUT2D eigenvalue weighted by Gasteiger charge is 2.31. The second kappa shape index (κ2) is 5.53. The summed E-state index contributed by atoms with van der Waals surface area (Å²) >= 11 is -0.535. The lowest BCUT2D eigenvalue weighted by Crippen LogP contribution is -2.02. The largest absolute Gasteiger partial charge is 0.479 e. The molecule has 0 spiro atoms. The highest BCUT2D eigenvalue weighted by molar-refractivity contribution is 7.95. The van der Waals surface area contributed by atoms with E-state index in [9.17, 15) is 13.2 Å². The van der Waals surface area contributed by atoms with Crippen molar-refractivity contribution in [3.63, 3.8) is 0 Å². The number of hydrogen-bond acceptors (Lipinski definition) is 4. The minimum atomic E-state index is -4.44. The summed E-state index contributed by atoms with van der Waals surface area (Å²) in [5.41, 5.74) is -2.05. The monoisotopic (exact) mass is 325 g/mol. The van der Waals surface area contributed by atoms with E-state index in [-0.39, 0.29) is 5.75 Å². The lowest BCUT2D eigenvalue weighted by molar-refractivity contribution is -0.0369. The average Bonchev–Trinajstić information content (AvgIpc) is 2.90. The van der Waals surface area contributed by atoms with Crippen molar-refractivity contribution in [1.82, 2.24) is 14.8 Å². The number of benzene rings is 1. The summed E-state index contributed by atoms with van der Waals surface area (Å²) in [6.45, 7) is 0. The number of halogens is 3. The Morgan fingerprint density at radius 1 is 1.14 bits per heavy atom. The Kier molecular flexibility index (Phi) is 3.69. The molecule has 0 fully saturated rings. The first-order chi connectivity index (χ1) is 10.4. The molecular weight excluding hydrogens is 315 g/mol. The normalized spacial score (nSPS) is 11.8. The minimum Gasteiger partial charge on any atom is -0.417 e. The molecule has 0 amide bonds. The third kappa shape index (κ3) is 3.33. The van der Waals surface area contributed by atoms with Crippen LogP contribution in [0, 0.1) is 0 Å². The Bertz CT molecular complexity index is 816. The average molecular weight is 325 g/mol. The topological polar surface area (TPSA) is 39.9 Å². The van der Waals surface area contributed by atoms with E-state index >= 15 is 0 Å². The van der Waals surface area contributed by atoms with Crippen LogP contribution in [0.1, 0.15) is 0 Å². The van der Waals surface area contributed by atoms with Gasteiger partial charge < -0.3 is 4.18 Å². The summed E-state index contributed by atoms with van der Waals surface area (Å²) in [5.74, 6) is 0.125. The number of alkyl halides is 3. The van der Waals surface area contributed by atoms with Crippen molar-refractivity contribution in [3.05, 3.63) is 42.9 Å². The Balaban J connectivity index is 1.92. The lowest BCUT2D eigenvalue weighted by atomic mass is 10.1. The maximum absolute atomic E-state index is 12.2. The summed E-state index contributed by atoms with van der Waals surface area (Å²) < 4.78 is 42.8. The molecule has 0 aliphatic carbocycles. The van der Waals surface area contributed by atoms with Crippen molar-refractivity contribution in [3.8, 4) is 16.9 Å². The predicted molar refractivity (Wildman–Crippen MR) is 78.2 cm³/mol. The van der Waals surface area contributed by atoms with E-state index in [1.807, 2.05) is 12.3 Å². The highest BCUT2D eigenvalue weighted by atomic mass is 32.2. The van der Waals surface area contributed by atoms with Crippen LogP contribution in [-0.4, -0.2) is 20.3 Å².